The minimum Gasteiger partial charge on any atom is -0.493 e. The van der Waals surface area contributed by atoms with Crippen LogP contribution >= 0.6 is 0 Å². The molecule has 0 saturated carbocycles. The molecule has 13 heavy (non-hydrogen) atoms. The lowest BCUT2D eigenvalue weighted by atomic mass is 10.0. The zero-order valence-corrected chi connectivity index (χ0v) is 8.16. The number of benzene rings is 1. The lowest BCUT2D eigenvalue weighted by Crippen LogP contribution is -2.21. The first-order valence-corrected chi connectivity index (χ1v) is 4.64. The van der Waals surface area contributed by atoms with Crippen LogP contribution < -0.4 is 4.74 Å². The normalized spacial score (nSPS) is 20.1. The molecular formula is C11H15NO. The van der Waals surface area contributed by atoms with Crippen LogP contribution in [0.1, 0.15) is 11.5 Å². The number of ether oxygens (including phenoxy) is 1. The van der Waals surface area contributed by atoms with Gasteiger partial charge in [0.05, 0.1) is 6.61 Å². The van der Waals surface area contributed by atoms with Crippen molar-refractivity contribution in [3.05, 3.63) is 29.8 Å². The zero-order valence-electron chi connectivity index (χ0n) is 8.16. The van der Waals surface area contributed by atoms with Crippen molar-refractivity contribution in [3.63, 3.8) is 0 Å². The van der Waals surface area contributed by atoms with Crippen molar-refractivity contribution < 1.29 is 4.74 Å². The topological polar surface area (TPSA) is 12.5 Å². The van der Waals surface area contributed by atoms with E-state index in [9.17, 15) is 0 Å². The zero-order chi connectivity index (χ0) is 9.26. The van der Waals surface area contributed by atoms with Crippen molar-refractivity contribution in [3.8, 4) is 5.75 Å². The van der Waals surface area contributed by atoms with Gasteiger partial charge < -0.3 is 9.64 Å². The van der Waals surface area contributed by atoms with E-state index in [0.717, 1.165) is 18.9 Å². The van der Waals surface area contributed by atoms with Gasteiger partial charge in [0.2, 0.25) is 0 Å². The summed E-state index contributed by atoms with van der Waals surface area (Å²) in [5.41, 5.74) is 1.36. The van der Waals surface area contributed by atoms with E-state index in [-0.39, 0.29) is 0 Å². The van der Waals surface area contributed by atoms with Gasteiger partial charge in [-0.25, -0.2) is 0 Å². The van der Waals surface area contributed by atoms with Crippen molar-refractivity contribution in [2.24, 2.45) is 0 Å². The van der Waals surface area contributed by atoms with E-state index in [1.165, 1.54) is 5.56 Å². The molecule has 1 aliphatic rings. The lowest BCUT2D eigenvalue weighted by molar-refractivity contribution is 0.291. The Labute approximate surface area is 79.1 Å². The summed E-state index contributed by atoms with van der Waals surface area (Å²) in [6.45, 7) is 1.90. The Balaban J connectivity index is 2.18. The van der Waals surface area contributed by atoms with Crippen LogP contribution in [0, 0.1) is 0 Å². The average molecular weight is 177 g/mol. The molecule has 0 aliphatic carbocycles. The second-order valence-electron chi connectivity index (χ2n) is 3.81. The smallest absolute Gasteiger partial charge is 0.122 e. The monoisotopic (exact) mass is 177 g/mol. The first-order valence-electron chi connectivity index (χ1n) is 4.64. The average Bonchev–Trinajstić information content (AvgIpc) is 2.48. The van der Waals surface area contributed by atoms with Crippen LogP contribution in [0.3, 0.4) is 0 Å². The minimum absolute atomic E-state index is 0.547. The number of fused-ring (bicyclic) bond motifs is 1. The summed E-state index contributed by atoms with van der Waals surface area (Å²) in [5, 5.41) is 0. The number of nitrogens with zero attached hydrogens (tertiary/aromatic N) is 1. The van der Waals surface area contributed by atoms with Gasteiger partial charge in [-0.1, -0.05) is 18.2 Å². The Kier molecular flexibility index (Phi) is 2.23. The van der Waals surface area contributed by atoms with Crippen LogP contribution in [-0.4, -0.2) is 32.1 Å². The maximum absolute atomic E-state index is 5.59. The number of hydrogen-bond donors (Lipinski definition) is 0. The SMILES string of the molecule is CN(C)CC1COc2ccccc21. The van der Waals surface area contributed by atoms with Crippen LogP contribution in [0.25, 0.3) is 0 Å². The van der Waals surface area contributed by atoms with Crippen molar-refractivity contribution in [2.75, 3.05) is 27.2 Å². The molecule has 0 saturated heterocycles. The Hall–Kier alpha value is -1.02. The molecular weight excluding hydrogens is 162 g/mol. The van der Waals surface area contributed by atoms with Gasteiger partial charge in [-0.3, -0.25) is 0 Å². The fourth-order valence-electron chi connectivity index (χ4n) is 1.82. The highest BCUT2D eigenvalue weighted by Gasteiger charge is 2.23. The standard InChI is InChI=1S/C11H15NO/c1-12(2)7-9-8-13-11-6-4-3-5-10(9)11/h3-6,9H,7-8H2,1-2H3. The molecule has 70 valence electrons. The molecule has 0 aromatic heterocycles. The van der Waals surface area contributed by atoms with E-state index in [1.54, 1.807) is 0 Å². The van der Waals surface area contributed by atoms with Gasteiger partial charge in [-0.05, 0) is 20.2 Å². The van der Waals surface area contributed by atoms with E-state index >= 15 is 0 Å². The Morgan fingerprint density at radius 2 is 2.15 bits per heavy atom. The third-order valence-corrected chi connectivity index (χ3v) is 2.38. The molecule has 1 heterocycles. The summed E-state index contributed by atoms with van der Waals surface area (Å²) in [7, 11) is 4.20. The van der Waals surface area contributed by atoms with Crippen LogP contribution in [0.4, 0.5) is 0 Å². The molecule has 1 aliphatic heterocycles. The number of para-hydroxylation sites is 1. The highest BCUT2D eigenvalue weighted by molar-refractivity contribution is 5.39. The quantitative estimate of drug-likeness (QED) is 0.682. The van der Waals surface area contributed by atoms with Gasteiger partial charge in [-0.2, -0.15) is 0 Å². The number of hydrogen-bond acceptors (Lipinski definition) is 2. The van der Waals surface area contributed by atoms with Crippen molar-refractivity contribution in [1.82, 2.24) is 4.90 Å². The molecule has 0 fully saturated rings. The molecule has 0 radical (unpaired) electrons. The van der Waals surface area contributed by atoms with Gasteiger partial charge >= 0.3 is 0 Å². The van der Waals surface area contributed by atoms with Crippen LogP contribution in [-0.2, 0) is 0 Å². The fraction of sp³-hybridized carbons (Fsp3) is 0.455. The largest absolute Gasteiger partial charge is 0.493 e. The van der Waals surface area contributed by atoms with E-state index in [2.05, 4.69) is 31.1 Å². The second-order valence-corrected chi connectivity index (χ2v) is 3.81. The first kappa shape index (κ1) is 8.57. The van der Waals surface area contributed by atoms with Gasteiger partial charge in [0, 0.05) is 18.0 Å². The minimum atomic E-state index is 0.547. The van der Waals surface area contributed by atoms with E-state index < -0.39 is 0 Å². The summed E-state index contributed by atoms with van der Waals surface area (Å²) in [6, 6.07) is 8.31. The molecule has 0 N–H and O–H groups in total. The molecule has 0 bridgehead atoms. The van der Waals surface area contributed by atoms with Crippen LogP contribution in [0.15, 0.2) is 24.3 Å². The Bertz CT molecular complexity index is 296. The van der Waals surface area contributed by atoms with Gasteiger partial charge in [0.25, 0.3) is 0 Å². The molecule has 1 aromatic carbocycles. The summed E-state index contributed by atoms with van der Waals surface area (Å²) in [5.74, 6) is 1.61. The molecule has 1 aromatic rings. The molecule has 0 spiro atoms. The molecule has 1 atom stereocenters. The van der Waals surface area contributed by atoms with Crippen LogP contribution in [0.2, 0.25) is 0 Å². The molecule has 2 heteroatoms. The van der Waals surface area contributed by atoms with Crippen LogP contribution in [0.5, 0.6) is 5.75 Å². The fourth-order valence-corrected chi connectivity index (χ4v) is 1.82. The third-order valence-electron chi connectivity index (χ3n) is 2.38. The first-order chi connectivity index (χ1) is 6.27. The third kappa shape index (κ3) is 1.68. The summed E-state index contributed by atoms with van der Waals surface area (Å²) >= 11 is 0. The number of rotatable bonds is 2. The van der Waals surface area contributed by atoms with Gasteiger partial charge in [-0.15, -0.1) is 0 Å². The molecule has 1 unspecified atom stereocenters. The van der Waals surface area contributed by atoms with Gasteiger partial charge in [0.15, 0.2) is 0 Å². The van der Waals surface area contributed by atoms with Gasteiger partial charge in [0.1, 0.15) is 5.75 Å². The van der Waals surface area contributed by atoms with Crippen molar-refractivity contribution >= 4 is 0 Å². The molecule has 0 amide bonds. The lowest BCUT2D eigenvalue weighted by Gasteiger charge is -2.14. The predicted octanol–water partition coefficient (Wildman–Crippen LogP) is 1.72. The van der Waals surface area contributed by atoms with Crippen molar-refractivity contribution in [1.29, 1.82) is 0 Å². The highest BCUT2D eigenvalue weighted by atomic mass is 16.5. The predicted molar refractivity (Wildman–Crippen MR) is 53.2 cm³/mol. The Morgan fingerprint density at radius 1 is 1.38 bits per heavy atom. The molecule has 2 nitrogen and oxygen atoms in total. The Morgan fingerprint density at radius 3 is 2.92 bits per heavy atom. The summed E-state index contributed by atoms with van der Waals surface area (Å²) in [4.78, 5) is 2.20. The van der Waals surface area contributed by atoms with Crippen molar-refractivity contribution in [2.45, 2.75) is 5.92 Å². The summed E-state index contributed by atoms with van der Waals surface area (Å²) in [6.07, 6.45) is 0. The van der Waals surface area contributed by atoms with E-state index in [4.69, 9.17) is 4.74 Å². The molecule has 2 rings (SSSR count). The maximum atomic E-state index is 5.59. The number of likely N-dealkylation sites (N-methyl/N-ethyl adjacent to an activating group) is 1. The highest BCUT2D eigenvalue weighted by Crippen LogP contribution is 2.33. The second kappa shape index (κ2) is 3.38. The van der Waals surface area contributed by atoms with E-state index in [1.807, 2.05) is 12.1 Å². The van der Waals surface area contributed by atoms with E-state index in [0.29, 0.717) is 5.92 Å². The maximum Gasteiger partial charge on any atom is 0.122 e. The summed E-state index contributed by atoms with van der Waals surface area (Å²) < 4.78 is 5.59.